The number of methoxy groups -OCH3 is 1. The molecule has 0 amide bonds. The number of benzene rings is 2. The molecule has 1 aliphatic carbocycles. The molecule has 0 radical (unpaired) electrons. The van der Waals surface area contributed by atoms with E-state index in [1.54, 1.807) is 19.2 Å². The van der Waals surface area contributed by atoms with E-state index in [0.717, 1.165) is 54.2 Å². The summed E-state index contributed by atoms with van der Waals surface area (Å²) < 4.78 is 19.3. The van der Waals surface area contributed by atoms with Crippen molar-refractivity contribution in [3.63, 3.8) is 0 Å². The molecule has 1 atom stereocenters. The van der Waals surface area contributed by atoms with E-state index >= 15 is 0 Å². The Morgan fingerprint density at radius 2 is 1.91 bits per heavy atom. The molecule has 34 heavy (non-hydrogen) atoms. The summed E-state index contributed by atoms with van der Waals surface area (Å²) in [5.41, 5.74) is 2.80. The third-order valence-electron chi connectivity index (χ3n) is 6.98. The van der Waals surface area contributed by atoms with Crippen molar-refractivity contribution >= 4 is 39.2 Å². The number of nitrogens with zero attached hydrogens (tertiary/aromatic N) is 3. The number of anilines is 1. The molecule has 1 N–H and O–H groups in total. The average molecular weight is 479 g/mol. The lowest BCUT2D eigenvalue weighted by atomic mass is 9.76. The third kappa shape index (κ3) is 4.64. The molecule has 7 heteroatoms. The molecule has 0 aliphatic heterocycles. The van der Waals surface area contributed by atoms with Gasteiger partial charge in [-0.05, 0) is 104 Å². The average Bonchev–Trinajstić information content (AvgIpc) is 2.83. The second-order valence-electron chi connectivity index (χ2n) is 9.26. The fraction of sp³-hybridized carbons (Fsp3) is 0.370. The second kappa shape index (κ2) is 9.71. The summed E-state index contributed by atoms with van der Waals surface area (Å²) in [5, 5.41) is 5.61. The Balaban J connectivity index is 1.25. The van der Waals surface area contributed by atoms with Crippen LogP contribution in [-0.2, 0) is 0 Å². The van der Waals surface area contributed by atoms with Crippen LogP contribution in [0.2, 0.25) is 5.28 Å². The van der Waals surface area contributed by atoms with Crippen molar-refractivity contribution in [2.75, 3.05) is 12.4 Å². The number of hydrogen-bond donors (Lipinski definition) is 1. The van der Waals surface area contributed by atoms with Crippen LogP contribution < -0.4 is 10.1 Å². The van der Waals surface area contributed by atoms with Crippen LogP contribution >= 0.6 is 11.6 Å². The predicted octanol–water partition coefficient (Wildman–Crippen LogP) is 7.14. The zero-order valence-corrected chi connectivity index (χ0v) is 20.1. The number of para-hydroxylation sites is 1. The molecule has 1 saturated carbocycles. The minimum absolute atomic E-state index is 0.202. The van der Waals surface area contributed by atoms with Gasteiger partial charge in [0.25, 0.3) is 0 Å². The van der Waals surface area contributed by atoms with Crippen molar-refractivity contribution in [2.45, 2.75) is 51.0 Å². The summed E-state index contributed by atoms with van der Waals surface area (Å²) in [6, 6.07) is 13.0. The van der Waals surface area contributed by atoms with Crippen LogP contribution in [0.3, 0.4) is 0 Å². The van der Waals surface area contributed by atoms with E-state index in [9.17, 15) is 4.39 Å². The zero-order valence-electron chi connectivity index (χ0n) is 19.4. The molecule has 0 saturated heterocycles. The molecule has 4 aromatic rings. The van der Waals surface area contributed by atoms with Crippen LogP contribution in [0.5, 0.6) is 5.75 Å². The van der Waals surface area contributed by atoms with Crippen molar-refractivity contribution in [3.8, 4) is 5.75 Å². The molecular formula is C27H28ClFN4O. The highest BCUT2D eigenvalue weighted by Gasteiger charge is 2.25. The topological polar surface area (TPSA) is 59.9 Å². The van der Waals surface area contributed by atoms with Crippen molar-refractivity contribution < 1.29 is 9.13 Å². The summed E-state index contributed by atoms with van der Waals surface area (Å²) in [6.07, 6.45) is 7.40. The van der Waals surface area contributed by atoms with E-state index in [1.807, 2.05) is 24.4 Å². The Labute approximate surface area is 203 Å². The Bertz CT molecular complexity index is 1320. The molecule has 176 valence electrons. The lowest BCUT2D eigenvalue weighted by molar-refractivity contribution is 0.302. The molecule has 1 fully saturated rings. The maximum absolute atomic E-state index is 13.9. The van der Waals surface area contributed by atoms with Crippen LogP contribution in [-0.4, -0.2) is 28.1 Å². The second-order valence-corrected chi connectivity index (χ2v) is 9.60. The minimum Gasteiger partial charge on any atom is -0.494 e. The number of pyridine rings is 1. The molecule has 2 heterocycles. The Kier molecular flexibility index (Phi) is 6.50. The first-order valence-corrected chi connectivity index (χ1v) is 12.2. The highest BCUT2D eigenvalue weighted by atomic mass is 35.5. The number of halogens is 2. The molecule has 1 aliphatic rings. The molecule has 0 spiro atoms. The smallest absolute Gasteiger partial charge is 0.225 e. The van der Waals surface area contributed by atoms with Gasteiger partial charge in [0.2, 0.25) is 5.28 Å². The highest BCUT2D eigenvalue weighted by Crippen LogP contribution is 2.40. The molecular weight excluding hydrogens is 451 g/mol. The van der Waals surface area contributed by atoms with Gasteiger partial charge in [0.05, 0.1) is 12.6 Å². The molecule has 1 unspecified atom stereocenters. The SMILES string of the molecule is COc1cccc2c(NC(C)C[C@H]3CC[C@H](c4ccnc5ccc(F)cc54)CC3)nc(Cl)nc12. The van der Waals surface area contributed by atoms with Gasteiger partial charge in [-0.3, -0.25) is 4.98 Å². The molecule has 2 aromatic carbocycles. The van der Waals surface area contributed by atoms with Crippen molar-refractivity contribution in [3.05, 3.63) is 65.3 Å². The largest absolute Gasteiger partial charge is 0.494 e. The maximum Gasteiger partial charge on any atom is 0.225 e. The van der Waals surface area contributed by atoms with Gasteiger partial charge >= 0.3 is 0 Å². The van der Waals surface area contributed by atoms with Crippen molar-refractivity contribution in [1.82, 2.24) is 15.0 Å². The standard InChI is InChI=1S/C27H28ClFN4O/c1-16(31-26-21-4-3-5-24(34-2)25(21)32-27(28)33-26)14-17-6-8-18(9-7-17)20-12-13-30-23-11-10-19(29)15-22(20)23/h3-5,10-13,15-18H,6-9,14H2,1-2H3,(H,31,32,33)/t16?,17-,18-. The summed E-state index contributed by atoms with van der Waals surface area (Å²) in [6.45, 7) is 2.19. The van der Waals surface area contributed by atoms with E-state index in [2.05, 4.69) is 33.3 Å². The lowest BCUT2D eigenvalue weighted by Crippen LogP contribution is -2.23. The minimum atomic E-state index is -0.203. The molecule has 5 nitrogen and oxygen atoms in total. The summed E-state index contributed by atoms with van der Waals surface area (Å²) in [4.78, 5) is 13.2. The molecule has 0 bridgehead atoms. The number of ether oxygens (including phenoxy) is 1. The lowest BCUT2D eigenvalue weighted by Gasteiger charge is -2.31. The van der Waals surface area contributed by atoms with Crippen LogP contribution in [0, 0.1) is 11.7 Å². The van der Waals surface area contributed by atoms with Gasteiger partial charge in [0, 0.05) is 23.0 Å². The van der Waals surface area contributed by atoms with Gasteiger partial charge in [0.1, 0.15) is 22.9 Å². The van der Waals surface area contributed by atoms with Gasteiger partial charge in [-0.1, -0.05) is 6.07 Å². The van der Waals surface area contributed by atoms with Crippen LogP contribution in [0.4, 0.5) is 10.2 Å². The fourth-order valence-electron chi connectivity index (χ4n) is 5.37. The summed E-state index contributed by atoms with van der Waals surface area (Å²) in [5.74, 6) is 2.29. The molecule has 5 rings (SSSR count). The maximum atomic E-state index is 13.9. The first-order chi connectivity index (χ1) is 16.5. The van der Waals surface area contributed by atoms with Gasteiger partial charge in [-0.15, -0.1) is 0 Å². The monoisotopic (exact) mass is 478 g/mol. The van der Waals surface area contributed by atoms with Crippen LogP contribution in [0.15, 0.2) is 48.7 Å². The third-order valence-corrected chi connectivity index (χ3v) is 7.15. The quantitative estimate of drug-likeness (QED) is 0.298. The van der Waals surface area contributed by atoms with Crippen LogP contribution in [0.1, 0.15) is 50.5 Å². The van der Waals surface area contributed by atoms with E-state index in [4.69, 9.17) is 16.3 Å². The number of rotatable bonds is 6. The van der Waals surface area contributed by atoms with E-state index in [-0.39, 0.29) is 17.1 Å². The normalized spacial score (nSPS) is 19.3. The number of hydrogen-bond acceptors (Lipinski definition) is 5. The van der Waals surface area contributed by atoms with E-state index < -0.39 is 0 Å². The van der Waals surface area contributed by atoms with Crippen LogP contribution in [0.25, 0.3) is 21.8 Å². The van der Waals surface area contributed by atoms with Gasteiger partial charge in [0.15, 0.2) is 0 Å². The highest BCUT2D eigenvalue weighted by molar-refractivity contribution is 6.29. The fourth-order valence-corrected chi connectivity index (χ4v) is 5.54. The number of aromatic nitrogens is 3. The zero-order chi connectivity index (χ0) is 23.7. The van der Waals surface area contributed by atoms with Gasteiger partial charge in [-0.2, -0.15) is 0 Å². The Morgan fingerprint density at radius 3 is 2.71 bits per heavy atom. The van der Waals surface area contributed by atoms with E-state index in [1.165, 1.54) is 11.6 Å². The van der Waals surface area contributed by atoms with Crippen molar-refractivity contribution in [2.24, 2.45) is 5.92 Å². The first kappa shape index (κ1) is 22.8. The van der Waals surface area contributed by atoms with Gasteiger partial charge in [-0.25, -0.2) is 14.4 Å². The number of nitrogens with one attached hydrogen (secondary N) is 1. The number of fused-ring (bicyclic) bond motifs is 2. The van der Waals surface area contributed by atoms with Gasteiger partial charge < -0.3 is 10.1 Å². The predicted molar refractivity (Wildman–Crippen MR) is 135 cm³/mol. The first-order valence-electron chi connectivity index (χ1n) is 11.8. The summed E-state index contributed by atoms with van der Waals surface area (Å²) in [7, 11) is 1.63. The summed E-state index contributed by atoms with van der Waals surface area (Å²) >= 11 is 6.21. The Hall–Kier alpha value is -2.99. The van der Waals surface area contributed by atoms with E-state index in [0.29, 0.717) is 23.1 Å². The van der Waals surface area contributed by atoms with Crippen molar-refractivity contribution in [1.29, 1.82) is 0 Å². The molecule has 2 aromatic heterocycles. The Morgan fingerprint density at radius 1 is 1.09 bits per heavy atom.